The number of halogens is 3. The molecule has 4 nitrogen and oxygen atoms in total. The average molecular weight is 503 g/mol. The molecule has 7 heteroatoms. The van der Waals surface area contributed by atoms with Gasteiger partial charge in [0, 0.05) is 4.47 Å². The second-order valence-corrected chi connectivity index (χ2v) is 7.56. The Morgan fingerprint density at radius 2 is 1.83 bits per heavy atom. The van der Waals surface area contributed by atoms with Crippen molar-refractivity contribution in [2.45, 2.75) is 13.0 Å². The number of rotatable bonds is 3. The van der Waals surface area contributed by atoms with E-state index in [1.54, 1.807) is 17.8 Å². The summed E-state index contributed by atoms with van der Waals surface area (Å²) in [4.78, 5) is 16.8. The van der Waals surface area contributed by atoms with E-state index in [1.807, 2.05) is 36.4 Å². The Kier molecular flexibility index (Phi) is 4.89. The van der Waals surface area contributed by atoms with Gasteiger partial charge in [0.2, 0.25) is 0 Å². The number of hydrogen-bond donors (Lipinski definition) is 0. The maximum atomic E-state index is 12.5. The standard InChI is InChI=1S/C16H11Br3N2O2/c1-9(21-8-20-13-4-2-3-5-14(13)21)16(22)23-15-11(18)6-10(17)7-12(15)19/h2-9H,1H3. The van der Waals surface area contributed by atoms with Gasteiger partial charge in [-0.2, -0.15) is 0 Å². The smallest absolute Gasteiger partial charge is 0.334 e. The number of hydrogen-bond acceptors (Lipinski definition) is 3. The zero-order valence-electron chi connectivity index (χ0n) is 12.0. The molecule has 0 bridgehead atoms. The number of imidazole rings is 1. The molecule has 3 aromatic rings. The van der Waals surface area contributed by atoms with E-state index in [-0.39, 0.29) is 5.97 Å². The van der Waals surface area contributed by atoms with E-state index in [0.717, 1.165) is 15.5 Å². The van der Waals surface area contributed by atoms with Crippen molar-refractivity contribution in [1.82, 2.24) is 9.55 Å². The molecule has 0 aliphatic heterocycles. The first-order chi connectivity index (χ1) is 11.0. The van der Waals surface area contributed by atoms with Crippen LogP contribution >= 0.6 is 47.8 Å². The highest BCUT2D eigenvalue weighted by atomic mass is 79.9. The summed E-state index contributed by atoms with van der Waals surface area (Å²) in [5, 5.41) is 0. The fourth-order valence-corrected chi connectivity index (χ4v) is 4.63. The van der Waals surface area contributed by atoms with Gasteiger partial charge < -0.3 is 9.30 Å². The fourth-order valence-electron chi connectivity index (χ4n) is 2.21. The molecule has 1 unspecified atom stereocenters. The predicted octanol–water partition coefficient (Wildman–Crippen LogP) is 5.49. The van der Waals surface area contributed by atoms with E-state index < -0.39 is 6.04 Å². The van der Waals surface area contributed by atoms with Crippen LogP contribution in [0.3, 0.4) is 0 Å². The monoisotopic (exact) mass is 500 g/mol. The Morgan fingerprint density at radius 1 is 1.17 bits per heavy atom. The summed E-state index contributed by atoms with van der Waals surface area (Å²) >= 11 is 10.2. The Labute approximate surface area is 158 Å². The third-order valence-electron chi connectivity index (χ3n) is 3.41. The van der Waals surface area contributed by atoms with Crippen LogP contribution in [0.25, 0.3) is 11.0 Å². The minimum Gasteiger partial charge on any atom is -0.423 e. The zero-order chi connectivity index (χ0) is 16.6. The van der Waals surface area contributed by atoms with E-state index in [2.05, 4.69) is 52.8 Å². The molecule has 3 rings (SSSR count). The van der Waals surface area contributed by atoms with Gasteiger partial charge in [-0.05, 0) is 63.0 Å². The van der Waals surface area contributed by atoms with Crippen molar-refractivity contribution >= 4 is 64.8 Å². The molecule has 0 saturated heterocycles. The molecule has 0 fully saturated rings. The molecule has 118 valence electrons. The molecule has 0 saturated carbocycles. The van der Waals surface area contributed by atoms with Gasteiger partial charge in [0.1, 0.15) is 6.04 Å². The topological polar surface area (TPSA) is 44.1 Å². The lowest BCUT2D eigenvalue weighted by Crippen LogP contribution is -2.21. The molecular weight excluding hydrogens is 492 g/mol. The van der Waals surface area contributed by atoms with Gasteiger partial charge in [-0.3, -0.25) is 0 Å². The van der Waals surface area contributed by atoms with Crippen LogP contribution in [0, 0.1) is 0 Å². The van der Waals surface area contributed by atoms with Crippen molar-refractivity contribution in [1.29, 1.82) is 0 Å². The highest BCUT2D eigenvalue weighted by molar-refractivity contribution is 9.11. The summed E-state index contributed by atoms with van der Waals surface area (Å²) in [7, 11) is 0. The highest BCUT2D eigenvalue weighted by Crippen LogP contribution is 2.37. The Balaban J connectivity index is 1.89. The number of carbonyl (C=O) groups excluding carboxylic acids is 1. The van der Waals surface area contributed by atoms with Crippen molar-refractivity contribution < 1.29 is 9.53 Å². The van der Waals surface area contributed by atoms with E-state index in [9.17, 15) is 4.79 Å². The van der Waals surface area contributed by atoms with Crippen LogP contribution in [0.5, 0.6) is 5.75 Å². The number of carbonyl (C=O) groups is 1. The minimum atomic E-state index is -0.496. The lowest BCUT2D eigenvalue weighted by Gasteiger charge is -2.15. The van der Waals surface area contributed by atoms with Crippen molar-refractivity contribution in [3.05, 3.63) is 56.1 Å². The molecule has 0 radical (unpaired) electrons. The summed E-state index contributed by atoms with van der Waals surface area (Å²) in [5.74, 6) is 0.0892. The van der Waals surface area contributed by atoms with Gasteiger partial charge in [0.05, 0.1) is 26.3 Å². The van der Waals surface area contributed by atoms with Gasteiger partial charge in [-0.1, -0.05) is 28.1 Å². The van der Waals surface area contributed by atoms with E-state index in [1.165, 1.54) is 0 Å². The second kappa shape index (κ2) is 6.75. The number of para-hydroxylation sites is 2. The highest BCUT2D eigenvalue weighted by Gasteiger charge is 2.21. The number of esters is 1. The van der Waals surface area contributed by atoms with Crippen molar-refractivity contribution in [3.63, 3.8) is 0 Å². The van der Waals surface area contributed by atoms with Crippen LogP contribution in [-0.4, -0.2) is 15.5 Å². The molecule has 0 aliphatic rings. The van der Waals surface area contributed by atoms with Crippen LogP contribution in [-0.2, 0) is 4.79 Å². The summed E-state index contributed by atoms with van der Waals surface area (Å²) in [6.45, 7) is 1.79. The van der Waals surface area contributed by atoms with Crippen molar-refractivity contribution in [3.8, 4) is 5.75 Å². The molecule has 0 N–H and O–H groups in total. The molecule has 0 aliphatic carbocycles. The second-order valence-electron chi connectivity index (χ2n) is 4.94. The quantitative estimate of drug-likeness (QED) is 0.351. The predicted molar refractivity (Wildman–Crippen MR) is 99.6 cm³/mol. The maximum Gasteiger partial charge on any atom is 0.334 e. The lowest BCUT2D eigenvalue weighted by molar-refractivity contribution is -0.137. The summed E-state index contributed by atoms with van der Waals surface area (Å²) in [6.07, 6.45) is 1.66. The van der Waals surface area contributed by atoms with E-state index in [4.69, 9.17) is 4.74 Å². The number of aromatic nitrogens is 2. The Morgan fingerprint density at radius 3 is 2.52 bits per heavy atom. The molecule has 1 atom stereocenters. The lowest BCUT2D eigenvalue weighted by atomic mass is 10.2. The number of nitrogens with zero attached hydrogens (tertiary/aromatic N) is 2. The van der Waals surface area contributed by atoms with Crippen LogP contribution in [0.2, 0.25) is 0 Å². The first-order valence-corrected chi connectivity index (χ1v) is 9.13. The van der Waals surface area contributed by atoms with Crippen LogP contribution in [0.1, 0.15) is 13.0 Å². The van der Waals surface area contributed by atoms with Crippen LogP contribution in [0.4, 0.5) is 0 Å². The van der Waals surface area contributed by atoms with Crippen LogP contribution < -0.4 is 4.74 Å². The van der Waals surface area contributed by atoms with Crippen molar-refractivity contribution in [2.75, 3.05) is 0 Å². The molecule has 1 aromatic heterocycles. The van der Waals surface area contributed by atoms with E-state index in [0.29, 0.717) is 14.7 Å². The Hall–Kier alpha value is -1.18. The Bertz CT molecular complexity index is 869. The number of ether oxygens (including phenoxy) is 1. The molecule has 2 aromatic carbocycles. The van der Waals surface area contributed by atoms with Crippen molar-refractivity contribution in [2.24, 2.45) is 0 Å². The molecule has 23 heavy (non-hydrogen) atoms. The third-order valence-corrected chi connectivity index (χ3v) is 5.04. The third kappa shape index (κ3) is 3.36. The summed E-state index contributed by atoms with van der Waals surface area (Å²) in [6, 6.07) is 10.8. The normalized spacial score (nSPS) is 12.3. The fraction of sp³-hybridized carbons (Fsp3) is 0.125. The van der Waals surface area contributed by atoms with Gasteiger partial charge in [0.25, 0.3) is 0 Å². The van der Waals surface area contributed by atoms with Gasteiger partial charge in [0.15, 0.2) is 5.75 Å². The molecular formula is C16H11Br3N2O2. The van der Waals surface area contributed by atoms with Gasteiger partial charge in [-0.15, -0.1) is 0 Å². The van der Waals surface area contributed by atoms with Gasteiger partial charge >= 0.3 is 5.97 Å². The SMILES string of the molecule is CC(C(=O)Oc1c(Br)cc(Br)cc1Br)n1cnc2ccccc21. The molecule has 0 spiro atoms. The minimum absolute atomic E-state index is 0.364. The molecule has 0 amide bonds. The summed E-state index contributed by atoms with van der Waals surface area (Å²) in [5.41, 5.74) is 1.74. The van der Waals surface area contributed by atoms with E-state index >= 15 is 0 Å². The molecule has 1 heterocycles. The number of benzene rings is 2. The average Bonchev–Trinajstić information content (AvgIpc) is 2.93. The first kappa shape index (κ1) is 16.7. The van der Waals surface area contributed by atoms with Gasteiger partial charge in [-0.25, -0.2) is 9.78 Å². The zero-order valence-corrected chi connectivity index (χ0v) is 16.7. The summed E-state index contributed by atoms with van der Waals surface area (Å²) < 4.78 is 9.63. The van der Waals surface area contributed by atoms with Crippen LogP contribution in [0.15, 0.2) is 56.1 Å². The first-order valence-electron chi connectivity index (χ1n) is 6.75. The maximum absolute atomic E-state index is 12.5. The largest absolute Gasteiger partial charge is 0.423 e. The number of fused-ring (bicyclic) bond motifs is 1.